The Kier molecular flexibility index (Phi) is 7.27. The van der Waals surface area contributed by atoms with Gasteiger partial charge in [0, 0.05) is 30.9 Å². The largest absolute Gasteiger partial charge is 0.480 e. The molecule has 10 nitrogen and oxygen atoms in total. The van der Waals surface area contributed by atoms with Crippen molar-refractivity contribution in [2.45, 2.75) is 38.8 Å². The molecule has 0 saturated carbocycles. The summed E-state index contributed by atoms with van der Waals surface area (Å²) in [5, 5.41) is 9.03. The summed E-state index contributed by atoms with van der Waals surface area (Å²) in [6.07, 6.45) is 4.67. The standard InChI is InChI=1S/C21H24N4O6/c1-13(8-16(22)21(28)29)11-25(20(27)17-10-23-6-7-24-17)19(26)5-3-14-2-4-15-12-30-31-18(15)9-14/h2,4,6-7,9-10,13,16H,3,5,8,11-12,22H2,1H3,(H,28,29)/t13?,16-/m1/s1. The van der Waals surface area contributed by atoms with Gasteiger partial charge >= 0.3 is 5.97 Å². The number of fused-ring (bicyclic) bond motifs is 1. The van der Waals surface area contributed by atoms with Crippen LogP contribution in [-0.2, 0) is 27.5 Å². The summed E-state index contributed by atoms with van der Waals surface area (Å²) in [4.78, 5) is 55.9. The lowest BCUT2D eigenvalue weighted by Crippen LogP contribution is -2.42. The first kappa shape index (κ1) is 22.3. The number of imide groups is 1. The normalized spacial score (nSPS) is 14.3. The third-order valence-corrected chi connectivity index (χ3v) is 4.92. The zero-order valence-corrected chi connectivity index (χ0v) is 17.1. The second-order valence-electron chi connectivity index (χ2n) is 7.47. The van der Waals surface area contributed by atoms with Crippen LogP contribution in [0.3, 0.4) is 0 Å². The van der Waals surface area contributed by atoms with Crippen LogP contribution in [0.25, 0.3) is 0 Å². The molecule has 1 aromatic carbocycles. The minimum atomic E-state index is -1.13. The van der Waals surface area contributed by atoms with Crippen LogP contribution in [0.2, 0.25) is 0 Å². The summed E-state index contributed by atoms with van der Waals surface area (Å²) in [7, 11) is 0. The molecule has 1 aromatic heterocycles. The van der Waals surface area contributed by atoms with Crippen LogP contribution in [0.5, 0.6) is 5.75 Å². The summed E-state index contributed by atoms with van der Waals surface area (Å²) in [6.45, 7) is 2.15. The molecule has 2 amide bonds. The minimum Gasteiger partial charge on any atom is -0.480 e. The van der Waals surface area contributed by atoms with Gasteiger partial charge in [-0.25, -0.2) is 4.98 Å². The summed E-state index contributed by atoms with van der Waals surface area (Å²) in [5.41, 5.74) is 7.43. The van der Waals surface area contributed by atoms with Gasteiger partial charge in [0.2, 0.25) is 5.91 Å². The Balaban J connectivity index is 1.70. The first-order valence-electron chi connectivity index (χ1n) is 9.85. The molecular weight excluding hydrogens is 404 g/mol. The Morgan fingerprint density at radius 1 is 1.29 bits per heavy atom. The molecule has 0 bridgehead atoms. The number of carboxylic acids is 1. The van der Waals surface area contributed by atoms with Crippen molar-refractivity contribution < 1.29 is 29.3 Å². The van der Waals surface area contributed by atoms with Gasteiger partial charge in [0.15, 0.2) is 5.75 Å². The molecule has 3 rings (SSSR count). The highest BCUT2D eigenvalue weighted by molar-refractivity contribution is 6.03. The van der Waals surface area contributed by atoms with Gasteiger partial charge in [0.1, 0.15) is 18.3 Å². The highest BCUT2D eigenvalue weighted by atomic mass is 17.2. The van der Waals surface area contributed by atoms with E-state index in [-0.39, 0.29) is 31.0 Å². The van der Waals surface area contributed by atoms with Crippen molar-refractivity contribution in [3.8, 4) is 5.75 Å². The van der Waals surface area contributed by atoms with Gasteiger partial charge in [-0.05, 0) is 30.4 Å². The molecule has 31 heavy (non-hydrogen) atoms. The number of carboxylic acid groups (broad SMARTS) is 1. The Labute approximate surface area is 178 Å². The number of aromatic nitrogens is 2. The quantitative estimate of drug-likeness (QED) is 0.565. The molecule has 1 aliphatic rings. The van der Waals surface area contributed by atoms with Crippen molar-refractivity contribution in [1.82, 2.24) is 14.9 Å². The Bertz CT molecular complexity index is 952. The molecule has 0 saturated heterocycles. The first-order chi connectivity index (χ1) is 14.8. The molecule has 10 heteroatoms. The summed E-state index contributed by atoms with van der Waals surface area (Å²) < 4.78 is 0. The fourth-order valence-electron chi connectivity index (χ4n) is 3.26. The zero-order valence-electron chi connectivity index (χ0n) is 17.1. The van der Waals surface area contributed by atoms with Crippen molar-refractivity contribution in [3.05, 3.63) is 53.6 Å². The van der Waals surface area contributed by atoms with Crippen LogP contribution in [0.4, 0.5) is 0 Å². The number of carbonyl (C=O) groups excluding carboxylic acids is 2. The number of carbonyl (C=O) groups is 3. The molecule has 0 spiro atoms. The molecular formula is C21H24N4O6. The van der Waals surface area contributed by atoms with Gasteiger partial charge < -0.3 is 15.7 Å². The smallest absolute Gasteiger partial charge is 0.320 e. The summed E-state index contributed by atoms with van der Waals surface area (Å²) in [6, 6.07) is 4.49. The number of amides is 2. The molecule has 3 N–H and O–H groups in total. The predicted molar refractivity (Wildman–Crippen MR) is 108 cm³/mol. The first-order valence-corrected chi connectivity index (χ1v) is 9.85. The van der Waals surface area contributed by atoms with Crippen LogP contribution >= 0.6 is 0 Å². The van der Waals surface area contributed by atoms with Crippen LogP contribution < -0.4 is 10.6 Å². The van der Waals surface area contributed by atoms with Crippen molar-refractivity contribution >= 4 is 17.8 Å². The van der Waals surface area contributed by atoms with Crippen LogP contribution in [-0.4, -0.2) is 50.3 Å². The summed E-state index contributed by atoms with van der Waals surface area (Å²) >= 11 is 0. The van der Waals surface area contributed by atoms with Crippen LogP contribution in [0, 0.1) is 5.92 Å². The Morgan fingerprint density at radius 3 is 2.81 bits per heavy atom. The number of rotatable bonds is 9. The van der Waals surface area contributed by atoms with E-state index in [1.54, 1.807) is 13.0 Å². The topological polar surface area (TPSA) is 145 Å². The van der Waals surface area contributed by atoms with Gasteiger partial charge in [-0.15, -0.1) is 0 Å². The molecule has 2 atom stereocenters. The van der Waals surface area contributed by atoms with E-state index in [0.29, 0.717) is 18.8 Å². The third-order valence-electron chi connectivity index (χ3n) is 4.92. The number of nitrogens with two attached hydrogens (primary N) is 1. The lowest BCUT2D eigenvalue weighted by Gasteiger charge is -2.25. The minimum absolute atomic E-state index is 0.0242. The number of hydrogen-bond donors (Lipinski definition) is 2. The Morgan fingerprint density at radius 2 is 2.10 bits per heavy atom. The SMILES string of the molecule is CC(C[C@@H](N)C(=O)O)CN(C(=O)CCc1ccc2c(c1)OOC2)C(=O)c1cnccn1. The molecule has 0 aliphatic carbocycles. The van der Waals surface area contributed by atoms with Gasteiger partial charge in [-0.3, -0.25) is 24.3 Å². The van der Waals surface area contributed by atoms with Crippen molar-refractivity contribution in [2.75, 3.05) is 6.54 Å². The maximum Gasteiger partial charge on any atom is 0.320 e. The van der Waals surface area contributed by atoms with E-state index < -0.39 is 23.8 Å². The fraction of sp³-hybridized carbons (Fsp3) is 0.381. The number of aryl methyl sites for hydroxylation is 1. The molecule has 2 heterocycles. The van der Waals surface area contributed by atoms with Crippen LogP contribution in [0.15, 0.2) is 36.8 Å². The summed E-state index contributed by atoms with van der Waals surface area (Å²) in [5.74, 6) is -1.81. The zero-order chi connectivity index (χ0) is 22.4. The average molecular weight is 428 g/mol. The molecule has 164 valence electrons. The Hall–Kier alpha value is -3.37. The van der Waals surface area contributed by atoms with Gasteiger partial charge in [0.05, 0.1) is 6.20 Å². The fourth-order valence-corrected chi connectivity index (χ4v) is 3.26. The van der Waals surface area contributed by atoms with E-state index in [9.17, 15) is 14.4 Å². The molecule has 1 unspecified atom stereocenters. The lowest BCUT2D eigenvalue weighted by atomic mass is 10.0. The average Bonchev–Trinajstić information content (AvgIpc) is 3.23. The van der Waals surface area contributed by atoms with Gasteiger partial charge in [-0.2, -0.15) is 4.89 Å². The van der Waals surface area contributed by atoms with Crippen LogP contribution in [0.1, 0.15) is 41.4 Å². The van der Waals surface area contributed by atoms with Crippen molar-refractivity contribution in [1.29, 1.82) is 0 Å². The number of benzene rings is 1. The van der Waals surface area contributed by atoms with E-state index >= 15 is 0 Å². The maximum absolute atomic E-state index is 13.0. The van der Waals surface area contributed by atoms with Crippen molar-refractivity contribution in [3.63, 3.8) is 0 Å². The predicted octanol–water partition coefficient (Wildman–Crippen LogP) is 1.34. The van der Waals surface area contributed by atoms with E-state index in [4.69, 9.17) is 20.6 Å². The monoisotopic (exact) mass is 428 g/mol. The molecule has 0 radical (unpaired) electrons. The van der Waals surface area contributed by atoms with E-state index in [0.717, 1.165) is 16.0 Å². The van der Waals surface area contributed by atoms with Crippen molar-refractivity contribution in [2.24, 2.45) is 11.7 Å². The number of hydrogen-bond acceptors (Lipinski definition) is 8. The molecule has 1 aliphatic heterocycles. The molecule has 0 fully saturated rings. The lowest BCUT2D eigenvalue weighted by molar-refractivity contribution is -0.194. The van der Waals surface area contributed by atoms with E-state index in [1.165, 1.54) is 18.6 Å². The number of aliphatic carboxylic acids is 1. The highest BCUT2D eigenvalue weighted by Crippen LogP contribution is 2.27. The maximum atomic E-state index is 13.0. The second kappa shape index (κ2) is 10.1. The third kappa shape index (κ3) is 5.83. The van der Waals surface area contributed by atoms with Gasteiger partial charge in [-0.1, -0.05) is 19.1 Å². The molecule has 2 aromatic rings. The van der Waals surface area contributed by atoms with E-state index in [1.807, 2.05) is 12.1 Å². The second-order valence-corrected chi connectivity index (χ2v) is 7.47. The number of nitrogens with zero attached hydrogens (tertiary/aromatic N) is 3. The highest BCUT2D eigenvalue weighted by Gasteiger charge is 2.27. The van der Waals surface area contributed by atoms with Gasteiger partial charge in [0.25, 0.3) is 5.91 Å². The van der Waals surface area contributed by atoms with E-state index in [2.05, 4.69) is 9.97 Å².